The van der Waals surface area contributed by atoms with Crippen LogP contribution in [0.3, 0.4) is 0 Å². The Balaban J connectivity index is 1.94. The maximum atomic E-state index is 12.2. The van der Waals surface area contributed by atoms with Crippen molar-refractivity contribution in [1.29, 1.82) is 0 Å². The van der Waals surface area contributed by atoms with Crippen LogP contribution in [-0.4, -0.2) is 24.7 Å². The van der Waals surface area contributed by atoms with E-state index in [1.54, 1.807) is 24.3 Å². The Kier molecular flexibility index (Phi) is 7.06. The summed E-state index contributed by atoms with van der Waals surface area (Å²) in [4.78, 5) is 27.8. The van der Waals surface area contributed by atoms with E-state index in [0.29, 0.717) is 29.3 Å². The van der Waals surface area contributed by atoms with E-state index in [0.717, 1.165) is 11.1 Å². The molecular weight excluding hydrogens is 340 g/mol. The fourth-order valence-corrected chi connectivity index (χ4v) is 2.54. The molecule has 2 rings (SSSR count). The van der Waals surface area contributed by atoms with Gasteiger partial charge in [-0.25, -0.2) is 4.99 Å². The van der Waals surface area contributed by atoms with E-state index in [2.05, 4.69) is 16.9 Å². The van der Waals surface area contributed by atoms with Gasteiger partial charge in [-0.2, -0.15) is 0 Å². The van der Waals surface area contributed by atoms with E-state index < -0.39 is 0 Å². The molecule has 0 atom stereocenters. The Morgan fingerprint density at radius 2 is 1.74 bits per heavy atom. The largest absolute Gasteiger partial charge is 0.484 e. The third kappa shape index (κ3) is 5.92. The van der Waals surface area contributed by atoms with Gasteiger partial charge in [0.15, 0.2) is 11.7 Å². The van der Waals surface area contributed by atoms with Crippen LogP contribution in [0.2, 0.25) is 0 Å². The second-order valence-electron chi connectivity index (χ2n) is 6.15. The van der Waals surface area contributed by atoms with Crippen LogP contribution in [0.5, 0.6) is 0 Å². The molecule has 2 aromatic carbocycles. The van der Waals surface area contributed by atoms with E-state index in [4.69, 9.17) is 4.74 Å². The number of carbonyl (C=O) groups excluding carboxylic acids is 2. The molecule has 0 saturated heterocycles. The highest BCUT2D eigenvalue weighted by atomic mass is 16.5. The third-order valence-corrected chi connectivity index (χ3v) is 4.09. The number of nitrogens with zero attached hydrogens (tertiary/aromatic N) is 1. The van der Waals surface area contributed by atoms with Gasteiger partial charge in [0.05, 0.1) is 12.8 Å². The van der Waals surface area contributed by atoms with Crippen LogP contribution in [0.1, 0.15) is 41.3 Å². The summed E-state index contributed by atoms with van der Waals surface area (Å²) >= 11 is 0. The number of benzene rings is 2. The van der Waals surface area contributed by atoms with E-state index in [9.17, 15) is 9.59 Å². The fourth-order valence-electron chi connectivity index (χ4n) is 2.54. The molecule has 1 N–H and O–H groups in total. The van der Waals surface area contributed by atoms with Crippen molar-refractivity contribution in [3.05, 3.63) is 71.8 Å². The summed E-state index contributed by atoms with van der Waals surface area (Å²) in [6.07, 6.45) is 0.584. The molecule has 5 heteroatoms. The Hall–Kier alpha value is -3.21. The van der Waals surface area contributed by atoms with Crippen LogP contribution in [-0.2, 0) is 9.53 Å². The first-order valence-corrected chi connectivity index (χ1v) is 8.68. The zero-order valence-electron chi connectivity index (χ0n) is 15.9. The molecular formula is C22H24N2O3. The summed E-state index contributed by atoms with van der Waals surface area (Å²) in [6.45, 7) is 7.49. The molecule has 0 aliphatic heterocycles. The Morgan fingerprint density at radius 3 is 2.33 bits per heavy atom. The van der Waals surface area contributed by atoms with Gasteiger partial charge in [0.2, 0.25) is 5.91 Å². The highest BCUT2D eigenvalue weighted by molar-refractivity contribution is 5.96. The Bertz CT molecular complexity index is 867. The minimum absolute atomic E-state index is 0.0114. The van der Waals surface area contributed by atoms with E-state index in [1.807, 2.05) is 31.2 Å². The number of aliphatic imine (C=N–C) groups is 1. The van der Waals surface area contributed by atoms with Crippen molar-refractivity contribution in [1.82, 2.24) is 0 Å². The van der Waals surface area contributed by atoms with Crippen molar-refractivity contribution in [2.75, 3.05) is 12.4 Å². The smallest absolute Gasteiger partial charge is 0.224 e. The van der Waals surface area contributed by atoms with Gasteiger partial charge in [0.1, 0.15) is 0 Å². The lowest BCUT2D eigenvalue weighted by molar-refractivity contribution is -0.116. The summed E-state index contributed by atoms with van der Waals surface area (Å²) in [5.41, 5.74) is 3.88. The zero-order valence-corrected chi connectivity index (χ0v) is 15.9. The Labute approximate surface area is 159 Å². The minimum atomic E-state index is -0.156. The molecule has 0 unspecified atom stereocenters. The van der Waals surface area contributed by atoms with Gasteiger partial charge >= 0.3 is 0 Å². The molecule has 140 valence electrons. The normalized spacial score (nSPS) is 11.0. The Morgan fingerprint density at radius 1 is 1.07 bits per heavy atom. The monoisotopic (exact) mass is 364 g/mol. The van der Waals surface area contributed by atoms with Crippen LogP contribution in [0.4, 0.5) is 5.69 Å². The van der Waals surface area contributed by atoms with Crippen LogP contribution in [0.15, 0.2) is 60.1 Å². The molecule has 0 bridgehead atoms. The number of ether oxygens (including phenoxy) is 1. The number of ketones is 1. The van der Waals surface area contributed by atoms with Crippen molar-refractivity contribution >= 4 is 29.0 Å². The number of amides is 1. The van der Waals surface area contributed by atoms with Crippen LogP contribution in [0, 0.1) is 6.92 Å². The summed E-state index contributed by atoms with van der Waals surface area (Å²) in [5, 5.41) is 2.80. The number of rotatable bonds is 7. The lowest BCUT2D eigenvalue weighted by Gasteiger charge is -2.09. The van der Waals surface area contributed by atoms with Gasteiger partial charge in [0.25, 0.3) is 0 Å². The first-order valence-electron chi connectivity index (χ1n) is 8.68. The van der Waals surface area contributed by atoms with Crippen molar-refractivity contribution < 1.29 is 14.3 Å². The van der Waals surface area contributed by atoms with E-state index >= 15 is 0 Å². The van der Waals surface area contributed by atoms with Crippen LogP contribution in [0.25, 0.3) is 5.70 Å². The molecule has 0 aliphatic rings. The zero-order chi connectivity index (χ0) is 19.8. The third-order valence-electron chi connectivity index (χ3n) is 4.09. The van der Waals surface area contributed by atoms with Gasteiger partial charge in [-0.05, 0) is 43.7 Å². The molecule has 0 spiro atoms. The molecule has 0 aliphatic carbocycles. The summed E-state index contributed by atoms with van der Waals surface area (Å²) in [7, 11) is 1.53. The molecule has 27 heavy (non-hydrogen) atoms. The maximum Gasteiger partial charge on any atom is 0.224 e. The summed E-state index contributed by atoms with van der Waals surface area (Å²) < 4.78 is 5.30. The van der Waals surface area contributed by atoms with Crippen LogP contribution >= 0.6 is 0 Å². The molecule has 0 radical (unpaired) electrons. The number of hydrogen-bond donors (Lipinski definition) is 1. The second kappa shape index (κ2) is 9.48. The molecule has 0 aromatic heterocycles. The van der Waals surface area contributed by atoms with Gasteiger partial charge in [-0.3, -0.25) is 9.59 Å². The standard InChI is InChI=1S/C22H24N2O3/c1-15-7-5-6-8-20(15)16(2)23-22(27-4)14-13-21(26)24-19-11-9-18(10-12-19)17(3)25/h5-12H,2,13-14H2,1,3-4H3,(H,24,26). The number of Topliss-reactive ketones (excluding diaryl/α,β-unsaturated/α-hetero) is 1. The van der Waals surface area contributed by atoms with E-state index in [1.165, 1.54) is 14.0 Å². The van der Waals surface area contributed by atoms with Gasteiger partial charge in [0, 0.05) is 29.7 Å². The number of nitrogens with one attached hydrogen (secondary N) is 1. The van der Waals surface area contributed by atoms with E-state index in [-0.39, 0.29) is 18.1 Å². The highest BCUT2D eigenvalue weighted by Gasteiger charge is 2.09. The highest BCUT2D eigenvalue weighted by Crippen LogP contribution is 2.19. The second-order valence-corrected chi connectivity index (χ2v) is 6.15. The SMILES string of the molecule is C=C(N=C(CCC(=O)Nc1ccc(C(C)=O)cc1)OC)c1ccccc1C. The van der Waals surface area contributed by atoms with Crippen molar-refractivity contribution in [2.24, 2.45) is 4.99 Å². The van der Waals surface area contributed by atoms with Gasteiger partial charge < -0.3 is 10.1 Å². The van der Waals surface area contributed by atoms with Crippen molar-refractivity contribution in [2.45, 2.75) is 26.7 Å². The van der Waals surface area contributed by atoms with Crippen molar-refractivity contribution in [3.8, 4) is 0 Å². The average molecular weight is 364 g/mol. The predicted molar refractivity (Wildman–Crippen MR) is 109 cm³/mol. The fraction of sp³-hybridized carbons (Fsp3) is 0.227. The quantitative estimate of drug-likeness (QED) is 0.442. The number of aryl methyl sites for hydroxylation is 1. The lowest BCUT2D eigenvalue weighted by atomic mass is 10.1. The molecule has 1 amide bonds. The van der Waals surface area contributed by atoms with Gasteiger partial charge in [-0.1, -0.05) is 30.8 Å². The lowest BCUT2D eigenvalue weighted by Crippen LogP contribution is -2.14. The first-order chi connectivity index (χ1) is 12.9. The minimum Gasteiger partial charge on any atom is -0.484 e. The number of hydrogen-bond acceptors (Lipinski definition) is 4. The molecule has 0 heterocycles. The topological polar surface area (TPSA) is 67.8 Å². The number of carbonyl (C=O) groups is 2. The molecule has 0 fully saturated rings. The van der Waals surface area contributed by atoms with Crippen LogP contribution < -0.4 is 5.32 Å². The summed E-state index contributed by atoms with van der Waals surface area (Å²) in [5.74, 6) is 0.282. The van der Waals surface area contributed by atoms with Gasteiger partial charge in [-0.15, -0.1) is 0 Å². The summed E-state index contributed by atoms with van der Waals surface area (Å²) in [6, 6.07) is 14.6. The average Bonchev–Trinajstić information content (AvgIpc) is 2.65. The predicted octanol–water partition coefficient (Wildman–Crippen LogP) is 4.63. The maximum absolute atomic E-state index is 12.2. The molecule has 5 nitrogen and oxygen atoms in total. The molecule has 0 saturated carbocycles. The first kappa shape index (κ1) is 20.1. The number of methoxy groups -OCH3 is 1. The van der Waals surface area contributed by atoms with Crippen molar-refractivity contribution in [3.63, 3.8) is 0 Å². The number of anilines is 1. The molecule has 2 aromatic rings.